The highest BCUT2D eigenvalue weighted by Gasteiger charge is 2.15. The van der Waals surface area contributed by atoms with E-state index in [0.717, 1.165) is 22.5 Å². The number of benzene rings is 1. The van der Waals surface area contributed by atoms with Crippen LogP contribution in [0, 0.1) is 0 Å². The van der Waals surface area contributed by atoms with Crippen molar-refractivity contribution < 1.29 is 18.4 Å². The summed E-state index contributed by atoms with van der Waals surface area (Å²) < 4.78 is 15.9. The van der Waals surface area contributed by atoms with E-state index in [4.69, 9.17) is 13.6 Å². The van der Waals surface area contributed by atoms with Gasteiger partial charge >= 0.3 is 0 Å². The lowest BCUT2D eigenvalue weighted by atomic mass is 10.1. The molecule has 2 heterocycles. The number of amides is 1. The molecule has 3 rings (SSSR count). The van der Waals surface area contributed by atoms with Crippen molar-refractivity contribution in [2.75, 3.05) is 7.11 Å². The molecule has 0 saturated heterocycles. The molecular formula is C17H17NO4. The van der Waals surface area contributed by atoms with Crippen molar-refractivity contribution in [3.63, 3.8) is 0 Å². The highest BCUT2D eigenvalue weighted by molar-refractivity contribution is 5.88. The van der Waals surface area contributed by atoms with E-state index < -0.39 is 0 Å². The molecule has 0 aliphatic rings. The zero-order valence-electron chi connectivity index (χ0n) is 12.5. The first-order valence-corrected chi connectivity index (χ1v) is 7.04. The molecule has 0 spiro atoms. The van der Waals surface area contributed by atoms with Crippen molar-refractivity contribution >= 4 is 16.9 Å². The van der Waals surface area contributed by atoms with Crippen LogP contribution >= 0.6 is 0 Å². The van der Waals surface area contributed by atoms with E-state index in [-0.39, 0.29) is 18.4 Å². The van der Waals surface area contributed by atoms with Gasteiger partial charge in [0.1, 0.15) is 17.1 Å². The fourth-order valence-corrected chi connectivity index (χ4v) is 2.40. The first kappa shape index (κ1) is 14.3. The minimum absolute atomic E-state index is 0.0811. The van der Waals surface area contributed by atoms with Crippen LogP contribution in [0.5, 0.6) is 5.75 Å². The number of carbonyl (C=O) groups excluding carboxylic acids is 1. The number of hydrogen-bond acceptors (Lipinski definition) is 4. The van der Waals surface area contributed by atoms with Crippen LogP contribution < -0.4 is 10.1 Å². The molecule has 1 amide bonds. The summed E-state index contributed by atoms with van der Waals surface area (Å²) in [6.07, 6.45) is 3.46. The average molecular weight is 299 g/mol. The van der Waals surface area contributed by atoms with Crippen molar-refractivity contribution in [3.8, 4) is 5.75 Å². The Labute approximate surface area is 127 Å². The van der Waals surface area contributed by atoms with Gasteiger partial charge in [0.05, 0.1) is 32.1 Å². The van der Waals surface area contributed by atoms with Gasteiger partial charge in [0.25, 0.3) is 0 Å². The van der Waals surface area contributed by atoms with Gasteiger partial charge in [-0.1, -0.05) is 0 Å². The van der Waals surface area contributed by atoms with Crippen LogP contribution in [0.2, 0.25) is 0 Å². The highest BCUT2D eigenvalue weighted by atomic mass is 16.5. The Balaban J connectivity index is 1.71. The molecule has 0 bridgehead atoms. The van der Waals surface area contributed by atoms with Crippen LogP contribution in [-0.2, 0) is 11.2 Å². The summed E-state index contributed by atoms with van der Waals surface area (Å²) in [7, 11) is 1.61. The van der Waals surface area contributed by atoms with Crippen LogP contribution in [0.25, 0.3) is 11.0 Å². The van der Waals surface area contributed by atoms with Crippen LogP contribution in [0.1, 0.15) is 24.3 Å². The lowest BCUT2D eigenvalue weighted by molar-refractivity contribution is -0.121. The molecule has 1 N–H and O–H groups in total. The smallest absolute Gasteiger partial charge is 0.225 e. The van der Waals surface area contributed by atoms with Gasteiger partial charge in [0, 0.05) is 17.0 Å². The van der Waals surface area contributed by atoms with E-state index in [0.29, 0.717) is 5.58 Å². The minimum atomic E-state index is -0.166. The Morgan fingerprint density at radius 3 is 2.91 bits per heavy atom. The second-order valence-corrected chi connectivity index (χ2v) is 5.10. The summed E-state index contributed by atoms with van der Waals surface area (Å²) in [5, 5.41) is 3.83. The highest BCUT2D eigenvalue weighted by Crippen LogP contribution is 2.26. The standard InChI is InChI=1S/C17H17NO4/c1-11(15-4-3-7-21-15)18-17(19)8-12-10-22-16-9-13(20-2)5-6-14(12)16/h3-7,9-11H,8H2,1-2H3,(H,18,19)/t11-/m0/s1. The topological polar surface area (TPSA) is 64.6 Å². The molecule has 0 aliphatic heterocycles. The number of hydrogen-bond donors (Lipinski definition) is 1. The minimum Gasteiger partial charge on any atom is -0.497 e. The summed E-state index contributed by atoms with van der Waals surface area (Å²) in [5.41, 5.74) is 1.56. The van der Waals surface area contributed by atoms with E-state index in [9.17, 15) is 4.79 Å². The van der Waals surface area contributed by atoms with Gasteiger partial charge in [0.15, 0.2) is 0 Å². The number of rotatable bonds is 5. The van der Waals surface area contributed by atoms with Crippen LogP contribution in [0.15, 0.2) is 51.7 Å². The first-order valence-electron chi connectivity index (χ1n) is 7.04. The molecule has 0 radical (unpaired) electrons. The molecule has 0 fully saturated rings. The third-order valence-corrected chi connectivity index (χ3v) is 3.56. The van der Waals surface area contributed by atoms with Gasteiger partial charge in [-0.25, -0.2) is 0 Å². The monoisotopic (exact) mass is 299 g/mol. The molecule has 5 nitrogen and oxygen atoms in total. The number of nitrogens with one attached hydrogen (secondary N) is 1. The molecule has 0 saturated carbocycles. The molecule has 5 heteroatoms. The van der Waals surface area contributed by atoms with Crippen molar-refractivity contribution in [1.29, 1.82) is 0 Å². The molecule has 0 unspecified atom stereocenters. The summed E-state index contributed by atoms with van der Waals surface area (Å²) in [6, 6.07) is 9.03. The maximum Gasteiger partial charge on any atom is 0.225 e. The van der Waals surface area contributed by atoms with Crippen LogP contribution in [-0.4, -0.2) is 13.0 Å². The molecule has 2 aromatic heterocycles. The Kier molecular flexibility index (Phi) is 3.87. The Bertz CT molecular complexity index is 773. The van der Waals surface area contributed by atoms with E-state index in [2.05, 4.69) is 5.32 Å². The fraction of sp³-hybridized carbons (Fsp3) is 0.235. The van der Waals surface area contributed by atoms with Crippen molar-refractivity contribution in [1.82, 2.24) is 5.32 Å². The quantitative estimate of drug-likeness (QED) is 0.783. The predicted molar refractivity (Wildman–Crippen MR) is 81.7 cm³/mol. The van der Waals surface area contributed by atoms with Crippen molar-refractivity contribution in [3.05, 3.63) is 54.2 Å². The van der Waals surface area contributed by atoms with E-state index >= 15 is 0 Å². The Morgan fingerprint density at radius 2 is 2.18 bits per heavy atom. The van der Waals surface area contributed by atoms with Gasteiger partial charge in [-0.3, -0.25) is 4.79 Å². The van der Waals surface area contributed by atoms with Gasteiger partial charge < -0.3 is 18.9 Å². The fourth-order valence-electron chi connectivity index (χ4n) is 2.40. The number of methoxy groups -OCH3 is 1. The second kappa shape index (κ2) is 5.97. The third-order valence-electron chi connectivity index (χ3n) is 3.56. The lowest BCUT2D eigenvalue weighted by Crippen LogP contribution is -2.27. The Hall–Kier alpha value is -2.69. The summed E-state index contributed by atoms with van der Waals surface area (Å²) in [5.74, 6) is 1.38. The molecule has 22 heavy (non-hydrogen) atoms. The van der Waals surface area contributed by atoms with Gasteiger partial charge in [-0.15, -0.1) is 0 Å². The van der Waals surface area contributed by atoms with Gasteiger partial charge in [-0.2, -0.15) is 0 Å². The van der Waals surface area contributed by atoms with Crippen molar-refractivity contribution in [2.24, 2.45) is 0 Å². The number of furan rings is 2. The molecule has 3 aromatic rings. The molecule has 0 aliphatic carbocycles. The second-order valence-electron chi connectivity index (χ2n) is 5.10. The molecule has 1 atom stereocenters. The molecule has 114 valence electrons. The predicted octanol–water partition coefficient (Wildman–Crippen LogP) is 3.45. The maximum absolute atomic E-state index is 12.2. The number of carbonyl (C=O) groups is 1. The average Bonchev–Trinajstić information content (AvgIpc) is 3.16. The zero-order valence-corrected chi connectivity index (χ0v) is 12.5. The zero-order chi connectivity index (χ0) is 15.5. The van der Waals surface area contributed by atoms with Crippen LogP contribution in [0.4, 0.5) is 0 Å². The largest absolute Gasteiger partial charge is 0.497 e. The van der Waals surface area contributed by atoms with E-state index in [1.54, 1.807) is 25.7 Å². The maximum atomic E-state index is 12.2. The SMILES string of the molecule is COc1ccc2c(CC(=O)N[C@@H](C)c3ccco3)coc2c1. The third kappa shape index (κ3) is 2.83. The lowest BCUT2D eigenvalue weighted by Gasteiger charge is -2.10. The van der Waals surface area contributed by atoms with Crippen molar-refractivity contribution in [2.45, 2.75) is 19.4 Å². The summed E-state index contributed by atoms with van der Waals surface area (Å²) >= 11 is 0. The Morgan fingerprint density at radius 1 is 1.32 bits per heavy atom. The summed E-state index contributed by atoms with van der Waals surface area (Å²) in [6.45, 7) is 1.88. The van der Waals surface area contributed by atoms with E-state index in [1.165, 1.54) is 0 Å². The van der Waals surface area contributed by atoms with Gasteiger partial charge in [-0.05, 0) is 31.2 Å². The number of ether oxygens (including phenoxy) is 1. The van der Waals surface area contributed by atoms with E-state index in [1.807, 2.05) is 31.2 Å². The molecular weight excluding hydrogens is 282 g/mol. The molecule has 1 aromatic carbocycles. The number of fused-ring (bicyclic) bond motifs is 1. The van der Waals surface area contributed by atoms with Gasteiger partial charge in [0.2, 0.25) is 5.91 Å². The normalized spacial score (nSPS) is 12.3. The summed E-state index contributed by atoms with van der Waals surface area (Å²) in [4.78, 5) is 12.2. The van der Waals surface area contributed by atoms with Crippen LogP contribution in [0.3, 0.4) is 0 Å². The first-order chi connectivity index (χ1) is 10.7.